The molecule has 2 aromatic carbocycles. The van der Waals surface area contributed by atoms with Gasteiger partial charge in [-0.3, -0.25) is 14.5 Å². The van der Waals surface area contributed by atoms with Crippen LogP contribution in [0.3, 0.4) is 0 Å². The van der Waals surface area contributed by atoms with Crippen LogP contribution in [0.1, 0.15) is 56.7 Å². The van der Waals surface area contributed by atoms with Gasteiger partial charge in [-0.05, 0) is 73.4 Å². The van der Waals surface area contributed by atoms with Crippen LogP contribution in [-0.4, -0.2) is 59.5 Å². The maximum Gasteiger partial charge on any atom is 0.307 e. The lowest BCUT2D eigenvalue weighted by atomic mass is 9.51. The number of rotatable bonds is 8. The first kappa shape index (κ1) is 28.6. The second-order valence-electron chi connectivity index (χ2n) is 12.6. The SMILES string of the molecule is C=C(CN1CC[C@]23c4c5cccc4O[C@H]2[C@H](N(CC(C)C)C(=O)Cc2ccc(Cl)c(Cl)c2)CC[C@H]3[C@H]1C5)OC(C)=O. The number of esters is 1. The van der Waals surface area contributed by atoms with Crippen LogP contribution in [0.25, 0.3) is 0 Å². The van der Waals surface area contributed by atoms with Gasteiger partial charge in [0.1, 0.15) is 17.6 Å². The molecule has 4 aliphatic rings. The molecule has 2 aromatic rings. The molecule has 8 heteroatoms. The number of nitrogens with zero attached hydrogens (tertiary/aromatic N) is 2. The summed E-state index contributed by atoms with van der Waals surface area (Å²) in [6.45, 7) is 11.9. The Morgan fingerprint density at radius 3 is 2.73 bits per heavy atom. The highest BCUT2D eigenvalue weighted by Crippen LogP contribution is 2.62. The Morgan fingerprint density at radius 1 is 1.20 bits per heavy atom. The fourth-order valence-electron chi connectivity index (χ4n) is 8.29. The van der Waals surface area contributed by atoms with Crippen molar-refractivity contribution in [2.75, 3.05) is 19.6 Å². The molecule has 6 nitrogen and oxygen atoms in total. The first-order valence-electron chi connectivity index (χ1n) is 14.7. The van der Waals surface area contributed by atoms with Gasteiger partial charge in [0.2, 0.25) is 5.91 Å². The van der Waals surface area contributed by atoms with Gasteiger partial charge in [-0.15, -0.1) is 0 Å². The number of halogens is 2. The van der Waals surface area contributed by atoms with Crippen LogP contribution in [0, 0.1) is 11.8 Å². The minimum absolute atomic E-state index is 0.0227. The third-order valence-electron chi connectivity index (χ3n) is 9.59. The highest BCUT2D eigenvalue weighted by atomic mass is 35.5. The zero-order valence-corrected chi connectivity index (χ0v) is 25.5. The monoisotopic (exact) mass is 596 g/mol. The van der Waals surface area contributed by atoms with E-state index in [2.05, 4.69) is 48.4 Å². The Morgan fingerprint density at radius 2 is 2.00 bits per heavy atom. The zero-order valence-electron chi connectivity index (χ0n) is 24.0. The van der Waals surface area contributed by atoms with Crippen molar-refractivity contribution < 1.29 is 19.1 Å². The van der Waals surface area contributed by atoms with Crippen molar-refractivity contribution in [3.63, 3.8) is 0 Å². The largest absolute Gasteiger partial charge is 0.487 e. The predicted molar refractivity (Wildman–Crippen MR) is 160 cm³/mol. The summed E-state index contributed by atoms with van der Waals surface area (Å²) in [5.74, 6) is 1.96. The Balaban J connectivity index is 1.33. The van der Waals surface area contributed by atoms with E-state index in [1.807, 2.05) is 6.07 Å². The van der Waals surface area contributed by atoms with Gasteiger partial charge in [-0.1, -0.05) is 61.8 Å². The van der Waals surface area contributed by atoms with Gasteiger partial charge >= 0.3 is 5.97 Å². The summed E-state index contributed by atoms with van der Waals surface area (Å²) >= 11 is 12.4. The summed E-state index contributed by atoms with van der Waals surface area (Å²) in [5.41, 5.74) is 3.43. The molecule has 6 rings (SSSR count). The standard InChI is InChI=1S/C33H38Cl2N2O4/c1-19(2)17-37(30(39)15-22-8-10-25(34)26(35)14-22)27-11-9-24-28-16-23-6-5-7-29-31(23)33(24,32(27)41-29)12-13-36(28)18-20(3)40-21(4)38/h5-8,10,14,19,24,27-28,32H,3,9,11-13,15-18H2,1-2,4H3/t24-,27+,28+,32-,33-/m0/s1. The molecular formula is C33H38Cl2N2O4. The van der Waals surface area contributed by atoms with E-state index in [1.54, 1.807) is 12.1 Å². The normalized spacial score (nSPS) is 27.7. The number of ether oxygens (including phenoxy) is 2. The van der Waals surface area contributed by atoms with Crippen LogP contribution in [0.4, 0.5) is 0 Å². The summed E-state index contributed by atoms with van der Waals surface area (Å²) in [6.07, 6.45) is 3.94. The fraction of sp³-hybridized carbons (Fsp3) is 0.515. The molecule has 2 aliphatic heterocycles. The van der Waals surface area contributed by atoms with Crippen molar-refractivity contribution in [3.8, 4) is 5.75 Å². The van der Waals surface area contributed by atoms with Crippen molar-refractivity contribution in [1.82, 2.24) is 9.80 Å². The highest BCUT2D eigenvalue weighted by molar-refractivity contribution is 6.42. The van der Waals surface area contributed by atoms with Crippen LogP contribution in [0.2, 0.25) is 10.0 Å². The molecule has 2 heterocycles. The van der Waals surface area contributed by atoms with Crippen molar-refractivity contribution in [1.29, 1.82) is 0 Å². The molecule has 5 atom stereocenters. The van der Waals surface area contributed by atoms with E-state index in [9.17, 15) is 9.59 Å². The molecular weight excluding hydrogens is 559 g/mol. The molecule has 0 aromatic heterocycles. The summed E-state index contributed by atoms with van der Waals surface area (Å²) in [6, 6.07) is 12.2. The minimum atomic E-state index is -0.331. The third-order valence-corrected chi connectivity index (χ3v) is 10.3. The van der Waals surface area contributed by atoms with E-state index < -0.39 is 0 Å². The van der Waals surface area contributed by atoms with Crippen molar-refractivity contribution in [3.05, 3.63) is 75.5 Å². The Kier molecular flexibility index (Phi) is 7.63. The predicted octanol–water partition coefficient (Wildman–Crippen LogP) is 6.21. The summed E-state index contributed by atoms with van der Waals surface area (Å²) in [7, 11) is 0. The quantitative estimate of drug-likeness (QED) is 0.268. The summed E-state index contributed by atoms with van der Waals surface area (Å²) < 4.78 is 12.3. The van der Waals surface area contributed by atoms with Gasteiger partial charge in [0.15, 0.2) is 0 Å². The number of piperidine rings is 1. The second-order valence-corrected chi connectivity index (χ2v) is 13.4. The van der Waals surface area contributed by atoms with E-state index >= 15 is 0 Å². The van der Waals surface area contributed by atoms with E-state index in [0.29, 0.717) is 46.8 Å². The van der Waals surface area contributed by atoms with Crippen LogP contribution in [0.5, 0.6) is 5.75 Å². The van der Waals surface area contributed by atoms with Gasteiger partial charge in [0.25, 0.3) is 0 Å². The van der Waals surface area contributed by atoms with E-state index in [0.717, 1.165) is 43.5 Å². The van der Waals surface area contributed by atoms with Crippen LogP contribution in [-0.2, 0) is 32.6 Å². The van der Waals surface area contributed by atoms with Crippen molar-refractivity contribution in [2.45, 2.75) is 76.5 Å². The maximum atomic E-state index is 14.0. The minimum Gasteiger partial charge on any atom is -0.487 e. The molecule has 2 bridgehead atoms. The molecule has 1 spiro atoms. The molecule has 1 amide bonds. The molecule has 0 radical (unpaired) electrons. The number of carbonyl (C=O) groups is 2. The van der Waals surface area contributed by atoms with Gasteiger partial charge in [0, 0.05) is 30.5 Å². The van der Waals surface area contributed by atoms with Gasteiger partial charge < -0.3 is 14.4 Å². The lowest BCUT2D eigenvalue weighted by Crippen LogP contribution is -2.69. The molecule has 0 N–H and O–H groups in total. The lowest BCUT2D eigenvalue weighted by Gasteiger charge is -2.60. The highest BCUT2D eigenvalue weighted by Gasteiger charge is 2.66. The molecule has 41 heavy (non-hydrogen) atoms. The van der Waals surface area contributed by atoms with E-state index in [1.165, 1.54) is 18.1 Å². The number of likely N-dealkylation sites (tertiary alicyclic amines) is 1. The second kappa shape index (κ2) is 10.9. The van der Waals surface area contributed by atoms with Crippen LogP contribution in [0.15, 0.2) is 48.7 Å². The Bertz CT molecular complexity index is 1390. The molecule has 2 fully saturated rings. The number of hydrogen-bond acceptors (Lipinski definition) is 5. The first-order valence-corrected chi connectivity index (χ1v) is 15.5. The molecule has 2 aliphatic carbocycles. The van der Waals surface area contributed by atoms with Crippen molar-refractivity contribution >= 4 is 35.1 Å². The molecule has 1 saturated heterocycles. The topological polar surface area (TPSA) is 59.1 Å². The molecule has 218 valence electrons. The van der Waals surface area contributed by atoms with E-state index in [4.69, 9.17) is 32.7 Å². The number of amides is 1. The number of hydrogen-bond donors (Lipinski definition) is 0. The average Bonchev–Trinajstić information content (AvgIpc) is 3.25. The zero-order chi connectivity index (χ0) is 29.1. The van der Waals surface area contributed by atoms with E-state index in [-0.39, 0.29) is 35.9 Å². The molecule has 0 unspecified atom stereocenters. The van der Waals surface area contributed by atoms with Gasteiger partial charge in [-0.2, -0.15) is 0 Å². The third kappa shape index (κ3) is 4.96. The summed E-state index contributed by atoms with van der Waals surface area (Å²) in [4.78, 5) is 30.2. The van der Waals surface area contributed by atoms with Gasteiger partial charge in [-0.25, -0.2) is 0 Å². The first-order chi connectivity index (χ1) is 19.6. The number of carbonyl (C=O) groups excluding carboxylic acids is 2. The molecule has 1 saturated carbocycles. The summed E-state index contributed by atoms with van der Waals surface area (Å²) in [5, 5.41) is 0.951. The Labute approximate surface area is 252 Å². The van der Waals surface area contributed by atoms with Crippen LogP contribution < -0.4 is 4.74 Å². The smallest absolute Gasteiger partial charge is 0.307 e. The lowest BCUT2D eigenvalue weighted by molar-refractivity contribution is -0.144. The maximum absolute atomic E-state index is 14.0. The van der Waals surface area contributed by atoms with Crippen molar-refractivity contribution in [2.24, 2.45) is 11.8 Å². The van der Waals surface area contributed by atoms with Gasteiger partial charge in [0.05, 0.1) is 29.1 Å². The number of benzene rings is 2. The average molecular weight is 598 g/mol. The Hall–Kier alpha value is -2.54. The van der Waals surface area contributed by atoms with Crippen LogP contribution >= 0.6 is 23.2 Å². The fourth-order valence-corrected chi connectivity index (χ4v) is 8.61.